The molecule has 0 radical (unpaired) electrons. The third kappa shape index (κ3) is 39.3. The molecule has 0 bridgehead atoms. The van der Waals surface area contributed by atoms with Gasteiger partial charge in [-0.05, 0) is 25.2 Å². The average molecular weight is 228 g/mol. The zero-order valence-corrected chi connectivity index (χ0v) is 11.6. The van der Waals surface area contributed by atoms with E-state index >= 15 is 0 Å². The summed E-state index contributed by atoms with van der Waals surface area (Å²) in [5.41, 5.74) is 2.01. The summed E-state index contributed by atoms with van der Waals surface area (Å²) in [4.78, 5) is 0. The highest BCUT2D eigenvalue weighted by atomic mass is 15.0. The van der Waals surface area contributed by atoms with Crippen LogP contribution in [0.25, 0.3) is 0 Å². The number of hydrogen-bond acceptors (Lipinski definition) is 4. The maximum atomic E-state index is 3.57. The predicted octanol–water partition coefficient (Wildman–Crippen LogP) is 1.38. The average Bonchev–Trinajstić information content (AvgIpc) is 2.29. The van der Waals surface area contributed by atoms with Crippen molar-refractivity contribution in [3.63, 3.8) is 0 Å². The van der Waals surface area contributed by atoms with Gasteiger partial charge in [0.2, 0.25) is 0 Å². The molecular formula is C12H28N4. The van der Waals surface area contributed by atoms with E-state index in [2.05, 4.69) is 41.0 Å². The fraction of sp³-hybridized carbons (Fsp3) is 0.500. The van der Waals surface area contributed by atoms with Gasteiger partial charge in [-0.1, -0.05) is 19.7 Å². The first-order valence-corrected chi connectivity index (χ1v) is 5.06. The van der Waals surface area contributed by atoms with Crippen LogP contribution in [0.3, 0.4) is 0 Å². The van der Waals surface area contributed by atoms with Crippen molar-refractivity contribution in [1.82, 2.24) is 21.3 Å². The van der Waals surface area contributed by atoms with E-state index in [0.717, 1.165) is 17.2 Å². The lowest BCUT2D eigenvalue weighted by molar-refractivity contribution is 0.844. The molecule has 4 nitrogen and oxygen atoms in total. The van der Waals surface area contributed by atoms with Crippen molar-refractivity contribution in [1.29, 1.82) is 0 Å². The van der Waals surface area contributed by atoms with Crippen molar-refractivity contribution in [3.05, 3.63) is 37.0 Å². The first kappa shape index (κ1) is 19.9. The van der Waals surface area contributed by atoms with Crippen molar-refractivity contribution < 1.29 is 0 Å². The van der Waals surface area contributed by atoms with Crippen LogP contribution >= 0.6 is 0 Å². The van der Waals surface area contributed by atoms with Crippen LogP contribution in [0, 0.1) is 0 Å². The van der Waals surface area contributed by atoms with Gasteiger partial charge < -0.3 is 21.3 Å². The number of allylic oxidation sites excluding steroid dienone is 2. The summed E-state index contributed by atoms with van der Waals surface area (Å²) in [6, 6.07) is 0. The zero-order chi connectivity index (χ0) is 13.6. The summed E-state index contributed by atoms with van der Waals surface area (Å²) < 4.78 is 0. The molecule has 0 aliphatic carbocycles. The van der Waals surface area contributed by atoms with Gasteiger partial charge in [0.1, 0.15) is 0 Å². The van der Waals surface area contributed by atoms with E-state index in [4.69, 9.17) is 0 Å². The Kier molecular flexibility index (Phi) is 19.8. The molecule has 4 N–H and O–H groups in total. The SMILES string of the molecule is C=C(C)NC.C=C(C)NC.C=C(NC)NC. The second-order valence-electron chi connectivity index (χ2n) is 3.04. The topological polar surface area (TPSA) is 48.1 Å². The van der Waals surface area contributed by atoms with Crippen LogP contribution in [-0.2, 0) is 0 Å². The van der Waals surface area contributed by atoms with Crippen LogP contribution in [0.15, 0.2) is 37.0 Å². The third-order valence-electron chi connectivity index (χ3n) is 1.46. The summed E-state index contributed by atoms with van der Waals surface area (Å²) >= 11 is 0. The molecule has 16 heavy (non-hydrogen) atoms. The van der Waals surface area contributed by atoms with Crippen LogP contribution in [0.4, 0.5) is 0 Å². The molecule has 0 amide bonds. The molecule has 96 valence electrons. The molecule has 0 fully saturated rings. The summed E-state index contributed by atoms with van der Waals surface area (Å²) in [6.45, 7) is 14.5. The number of rotatable bonds is 4. The zero-order valence-electron chi connectivity index (χ0n) is 11.6. The molecule has 0 aromatic heterocycles. The van der Waals surface area contributed by atoms with Crippen molar-refractivity contribution in [2.45, 2.75) is 13.8 Å². The van der Waals surface area contributed by atoms with Gasteiger partial charge in [0.05, 0.1) is 5.82 Å². The van der Waals surface area contributed by atoms with Gasteiger partial charge in [0.25, 0.3) is 0 Å². The highest BCUT2D eigenvalue weighted by Gasteiger charge is 1.71. The summed E-state index contributed by atoms with van der Waals surface area (Å²) in [7, 11) is 7.34. The third-order valence-corrected chi connectivity index (χ3v) is 1.46. The van der Waals surface area contributed by atoms with Crippen LogP contribution in [-0.4, -0.2) is 28.2 Å². The number of nitrogens with one attached hydrogen (secondary N) is 4. The van der Waals surface area contributed by atoms with Crippen molar-refractivity contribution >= 4 is 0 Å². The van der Waals surface area contributed by atoms with E-state index in [0.29, 0.717) is 0 Å². The molecule has 0 aromatic rings. The maximum Gasteiger partial charge on any atom is 0.0907 e. The minimum Gasteiger partial charge on any atom is -0.392 e. The largest absolute Gasteiger partial charge is 0.392 e. The summed E-state index contributed by atoms with van der Waals surface area (Å²) in [5.74, 6) is 0.843. The summed E-state index contributed by atoms with van der Waals surface area (Å²) in [5, 5.41) is 11.3. The highest BCUT2D eigenvalue weighted by Crippen LogP contribution is 1.68. The van der Waals surface area contributed by atoms with Crippen LogP contribution in [0.5, 0.6) is 0 Å². The van der Waals surface area contributed by atoms with E-state index < -0.39 is 0 Å². The standard InChI is InChI=1S/C4H10N2.2C4H9N/c1-4(5-2)6-3;2*1-4(2)5-3/h5-6H,1H2,2-3H3;2*5H,1H2,2-3H3. The van der Waals surface area contributed by atoms with Crippen LogP contribution in [0.1, 0.15) is 13.8 Å². The molecule has 0 rings (SSSR count). The molecule has 4 heteroatoms. The molecule has 0 aliphatic rings. The predicted molar refractivity (Wildman–Crippen MR) is 75.0 cm³/mol. The van der Waals surface area contributed by atoms with E-state index in [9.17, 15) is 0 Å². The molecule has 0 aromatic carbocycles. The van der Waals surface area contributed by atoms with Gasteiger partial charge in [-0.25, -0.2) is 0 Å². The monoisotopic (exact) mass is 228 g/mol. The first-order valence-electron chi connectivity index (χ1n) is 5.06. The van der Waals surface area contributed by atoms with Crippen molar-refractivity contribution in [2.75, 3.05) is 28.2 Å². The highest BCUT2D eigenvalue weighted by molar-refractivity contribution is 4.82. The van der Waals surface area contributed by atoms with Gasteiger partial charge in [-0.3, -0.25) is 0 Å². The Bertz CT molecular complexity index is 177. The molecule has 0 atom stereocenters. The minimum atomic E-state index is 0.843. The summed E-state index contributed by atoms with van der Waals surface area (Å²) in [6.07, 6.45) is 0. The van der Waals surface area contributed by atoms with E-state index in [1.807, 2.05) is 42.0 Å². The van der Waals surface area contributed by atoms with Gasteiger partial charge in [0, 0.05) is 28.2 Å². The molecule has 0 aliphatic heterocycles. The molecule has 0 unspecified atom stereocenters. The second kappa shape index (κ2) is 15.9. The fourth-order valence-electron chi connectivity index (χ4n) is 0.125. The molecular weight excluding hydrogens is 200 g/mol. The Morgan fingerprint density at radius 3 is 0.812 bits per heavy atom. The Labute approximate surface area is 101 Å². The van der Waals surface area contributed by atoms with Crippen molar-refractivity contribution in [3.8, 4) is 0 Å². The van der Waals surface area contributed by atoms with Gasteiger partial charge in [-0.15, -0.1) is 0 Å². The second-order valence-corrected chi connectivity index (χ2v) is 3.04. The molecule has 0 saturated heterocycles. The van der Waals surface area contributed by atoms with E-state index in [1.54, 1.807) is 0 Å². The van der Waals surface area contributed by atoms with Crippen molar-refractivity contribution in [2.24, 2.45) is 0 Å². The van der Waals surface area contributed by atoms with E-state index in [-0.39, 0.29) is 0 Å². The Morgan fingerprint density at radius 1 is 0.625 bits per heavy atom. The van der Waals surface area contributed by atoms with Crippen LogP contribution in [0.2, 0.25) is 0 Å². The minimum absolute atomic E-state index is 0.843. The Morgan fingerprint density at radius 2 is 0.812 bits per heavy atom. The molecule has 0 spiro atoms. The van der Waals surface area contributed by atoms with Gasteiger partial charge in [0.15, 0.2) is 0 Å². The van der Waals surface area contributed by atoms with E-state index in [1.165, 1.54) is 0 Å². The first-order chi connectivity index (χ1) is 7.35. The lowest BCUT2D eigenvalue weighted by Crippen LogP contribution is -2.17. The normalized spacial score (nSPS) is 6.88. The quantitative estimate of drug-likeness (QED) is 0.587. The lowest BCUT2D eigenvalue weighted by Gasteiger charge is -1.98. The smallest absolute Gasteiger partial charge is 0.0907 e. The van der Waals surface area contributed by atoms with Gasteiger partial charge in [-0.2, -0.15) is 0 Å². The molecule has 0 heterocycles. The lowest BCUT2D eigenvalue weighted by atomic mass is 10.6. The maximum absolute atomic E-state index is 3.57. The fourth-order valence-corrected chi connectivity index (χ4v) is 0.125. The van der Waals surface area contributed by atoms with Gasteiger partial charge >= 0.3 is 0 Å². The molecule has 0 saturated carbocycles. The van der Waals surface area contributed by atoms with Crippen LogP contribution < -0.4 is 21.3 Å². The number of hydrogen-bond donors (Lipinski definition) is 4. The Hall–Kier alpha value is -1.58. The Balaban J connectivity index is -0.000000160.